The number of ether oxygens (including phenoxy) is 1. The van der Waals surface area contributed by atoms with Gasteiger partial charge in [0.1, 0.15) is 35.8 Å². The van der Waals surface area contributed by atoms with Crippen molar-refractivity contribution in [3.8, 4) is 5.75 Å². The Hall–Kier alpha value is -3.14. The van der Waals surface area contributed by atoms with Crippen molar-refractivity contribution in [1.29, 1.82) is 0 Å². The molecule has 0 saturated heterocycles. The van der Waals surface area contributed by atoms with Crippen LogP contribution in [-0.4, -0.2) is 6.29 Å². The normalized spacial score (nSPS) is 16.9. The van der Waals surface area contributed by atoms with Crippen LogP contribution >= 0.6 is 0 Å². The highest BCUT2D eigenvalue weighted by Crippen LogP contribution is 2.34. The first-order valence-electron chi connectivity index (χ1n) is 8.47. The Kier molecular flexibility index (Phi) is 4.40. The zero-order valence-electron chi connectivity index (χ0n) is 14.0. The molecule has 0 spiro atoms. The maximum Gasteiger partial charge on any atom is 0.138 e. The Bertz CT molecular complexity index is 999. The molecule has 1 heterocycles. The third-order valence-electron chi connectivity index (χ3n) is 4.38. The lowest BCUT2D eigenvalue weighted by Gasteiger charge is -2.11. The fraction of sp³-hybridized carbons (Fsp3) is 0.136. The van der Waals surface area contributed by atoms with Crippen molar-refractivity contribution in [1.82, 2.24) is 0 Å². The Balaban J connectivity index is 1.55. The minimum atomic E-state index is -0.417. The molecule has 0 fully saturated rings. The molecule has 3 nitrogen and oxygen atoms in total. The van der Waals surface area contributed by atoms with Crippen molar-refractivity contribution in [3.05, 3.63) is 83.9 Å². The van der Waals surface area contributed by atoms with E-state index in [1.807, 2.05) is 54.6 Å². The van der Waals surface area contributed by atoms with Crippen LogP contribution in [0.3, 0.4) is 0 Å². The quantitative estimate of drug-likeness (QED) is 0.574. The lowest BCUT2D eigenvalue weighted by molar-refractivity contribution is -0.109. The average Bonchev–Trinajstić information content (AvgIpc) is 3.10. The Morgan fingerprint density at radius 2 is 2.00 bits per heavy atom. The van der Waals surface area contributed by atoms with Crippen LogP contribution < -0.4 is 4.74 Å². The lowest BCUT2D eigenvalue weighted by Crippen LogP contribution is -2.02. The van der Waals surface area contributed by atoms with E-state index in [1.54, 1.807) is 6.08 Å². The molecule has 1 aromatic heterocycles. The predicted molar refractivity (Wildman–Crippen MR) is 98.3 cm³/mol. The van der Waals surface area contributed by atoms with Crippen LogP contribution in [0.5, 0.6) is 5.75 Å². The number of benzene rings is 2. The summed E-state index contributed by atoms with van der Waals surface area (Å²) in [6, 6.07) is 17.2. The number of aldehydes is 1. The van der Waals surface area contributed by atoms with Gasteiger partial charge in [0.05, 0.1) is 0 Å². The van der Waals surface area contributed by atoms with Gasteiger partial charge in [0.2, 0.25) is 0 Å². The van der Waals surface area contributed by atoms with Gasteiger partial charge in [0.15, 0.2) is 0 Å². The fourth-order valence-electron chi connectivity index (χ4n) is 3.01. The van der Waals surface area contributed by atoms with Crippen LogP contribution in [-0.2, 0) is 11.4 Å². The van der Waals surface area contributed by atoms with E-state index in [1.165, 1.54) is 6.08 Å². The summed E-state index contributed by atoms with van der Waals surface area (Å²) in [4.78, 5) is 10.8. The molecule has 1 aliphatic rings. The van der Waals surface area contributed by atoms with Crippen molar-refractivity contribution in [3.63, 3.8) is 0 Å². The maximum absolute atomic E-state index is 14.2. The molecule has 0 amide bonds. The molecular formula is C22H17FO3. The van der Waals surface area contributed by atoms with Gasteiger partial charge in [-0.15, -0.1) is 0 Å². The minimum absolute atomic E-state index is 0.398. The molecule has 2 aromatic carbocycles. The van der Waals surface area contributed by atoms with E-state index in [4.69, 9.17) is 9.15 Å². The molecule has 3 aromatic rings. The number of allylic oxidation sites excluding steroid dienone is 4. The third kappa shape index (κ3) is 3.31. The van der Waals surface area contributed by atoms with Gasteiger partial charge in [-0.2, -0.15) is 0 Å². The number of rotatable bonds is 5. The van der Waals surface area contributed by atoms with E-state index < -0.39 is 11.7 Å². The summed E-state index contributed by atoms with van der Waals surface area (Å²) >= 11 is 0. The fourth-order valence-corrected chi connectivity index (χ4v) is 3.01. The number of fused-ring (bicyclic) bond motifs is 1. The van der Waals surface area contributed by atoms with Crippen molar-refractivity contribution in [2.24, 2.45) is 5.92 Å². The summed E-state index contributed by atoms with van der Waals surface area (Å²) < 4.78 is 25.8. The highest BCUT2D eigenvalue weighted by atomic mass is 19.1. The number of furan rings is 1. The molecule has 0 N–H and O–H groups in total. The molecule has 0 radical (unpaired) electrons. The molecule has 0 bridgehead atoms. The van der Waals surface area contributed by atoms with Gasteiger partial charge >= 0.3 is 0 Å². The van der Waals surface area contributed by atoms with Crippen molar-refractivity contribution in [2.75, 3.05) is 0 Å². The first-order chi connectivity index (χ1) is 12.7. The molecule has 1 atom stereocenters. The first-order valence-corrected chi connectivity index (χ1v) is 8.47. The lowest BCUT2D eigenvalue weighted by atomic mass is 9.96. The van der Waals surface area contributed by atoms with E-state index in [0.29, 0.717) is 29.9 Å². The molecule has 130 valence electrons. The summed E-state index contributed by atoms with van der Waals surface area (Å²) in [5.41, 5.74) is 2.10. The second kappa shape index (κ2) is 7.00. The van der Waals surface area contributed by atoms with Crippen molar-refractivity contribution < 1.29 is 18.3 Å². The van der Waals surface area contributed by atoms with Crippen molar-refractivity contribution in [2.45, 2.75) is 13.0 Å². The molecule has 4 heteroatoms. The van der Waals surface area contributed by atoms with Crippen LogP contribution in [0, 0.1) is 5.92 Å². The van der Waals surface area contributed by atoms with Crippen molar-refractivity contribution >= 4 is 22.8 Å². The second-order valence-electron chi connectivity index (χ2n) is 6.25. The summed E-state index contributed by atoms with van der Waals surface area (Å²) in [5, 5.41) is 0.889. The summed E-state index contributed by atoms with van der Waals surface area (Å²) in [5.74, 6) is 0.467. The maximum atomic E-state index is 14.2. The zero-order chi connectivity index (χ0) is 17.9. The van der Waals surface area contributed by atoms with Gasteiger partial charge in [-0.25, -0.2) is 4.39 Å². The van der Waals surface area contributed by atoms with Gasteiger partial charge in [-0.05, 0) is 48.4 Å². The number of hydrogen-bond acceptors (Lipinski definition) is 3. The molecule has 1 unspecified atom stereocenters. The zero-order valence-corrected chi connectivity index (χ0v) is 14.0. The molecule has 0 aliphatic heterocycles. The minimum Gasteiger partial charge on any atom is -0.489 e. The van der Waals surface area contributed by atoms with Crippen LogP contribution in [0.25, 0.3) is 16.5 Å². The van der Waals surface area contributed by atoms with E-state index in [0.717, 1.165) is 23.0 Å². The molecule has 26 heavy (non-hydrogen) atoms. The largest absolute Gasteiger partial charge is 0.489 e. The topological polar surface area (TPSA) is 39.4 Å². The molecular weight excluding hydrogens is 331 g/mol. The molecule has 1 aliphatic carbocycles. The first kappa shape index (κ1) is 16.3. The van der Waals surface area contributed by atoms with Crippen LogP contribution in [0.1, 0.15) is 17.7 Å². The standard InChI is InChI=1S/C22H17FO3/c23-20-11-15(13-24)6-8-19(20)22-12-17-10-16(7-9-21(17)26-22)14-25-18-4-2-1-3-5-18/h1-5,7-13,15H,6,14H2. The highest BCUT2D eigenvalue weighted by Gasteiger charge is 2.19. The van der Waals surface area contributed by atoms with Crippen LogP contribution in [0.15, 0.2) is 77.0 Å². The van der Waals surface area contributed by atoms with E-state index >= 15 is 0 Å². The van der Waals surface area contributed by atoms with Gasteiger partial charge < -0.3 is 13.9 Å². The average molecular weight is 348 g/mol. The van der Waals surface area contributed by atoms with E-state index in [-0.39, 0.29) is 0 Å². The second-order valence-corrected chi connectivity index (χ2v) is 6.25. The van der Waals surface area contributed by atoms with Crippen LogP contribution in [0.4, 0.5) is 4.39 Å². The molecule has 4 rings (SSSR count). The summed E-state index contributed by atoms with van der Waals surface area (Å²) in [7, 11) is 0. The van der Waals surface area contributed by atoms with Gasteiger partial charge in [-0.1, -0.05) is 30.3 Å². The highest BCUT2D eigenvalue weighted by molar-refractivity contribution is 5.86. The molecule has 0 saturated carbocycles. The Morgan fingerprint density at radius 1 is 1.15 bits per heavy atom. The SMILES string of the molecule is O=CC1C=C(F)C(c2cc3cc(COc4ccccc4)ccc3o2)=CC1. The van der Waals surface area contributed by atoms with E-state index in [9.17, 15) is 9.18 Å². The van der Waals surface area contributed by atoms with Crippen LogP contribution in [0.2, 0.25) is 0 Å². The van der Waals surface area contributed by atoms with Gasteiger partial charge in [-0.3, -0.25) is 0 Å². The number of carbonyl (C=O) groups is 1. The third-order valence-corrected chi connectivity index (χ3v) is 4.38. The smallest absolute Gasteiger partial charge is 0.138 e. The Labute approximate surface area is 150 Å². The summed E-state index contributed by atoms with van der Waals surface area (Å²) in [6.45, 7) is 0.443. The van der Waals surface area contributed by atoms with Gasteiger partial charge in [0, 0.05) is 16.9 Å². The van der Waals surface area contributed by atoms with Gasteiger partial charge in [0.25, 0.3) is 0 Å². The van der Waals surface area contributed by atoms with E-state index in [2.05, 4.69) is 0 Å². The number of para-hydroxylation sites is 1. The summed E-state index contributed by atoms with van der Waals surface area (Å²) in [6.07, 6.45) is 4.30. The number of halogens is 1. The predicted octanol–water partition coefficient (Wildman–Crippen LogP) is 5.47. The number of hydrogen-bond donors (Lipinski definition) is 0. The monoisotopic (exact) mass is 348 g/mol. The Morgan fingerprint density at radius 3 is 2.77 bits per heavy atom. The number of carbonyl (C=O) groups excluding carboxylic acids is 1.